The van der Waals surface area contributed by atoms with Crippen molar-refractivity contribution < 1.29 is 18.4 Å². The number of carbonyl (C=O) groups is 2. The Labute approximate surface area is 197 Å². The lowest BCUT2D eigenvalue weighted by molar-refractivity contribution is -0.136. The fraction of sp³-hybridized carbons (Fsp3) is 0.440. The van der Waals surface area contributed by atoms with E-state index in [9.17, 15) is 14.0 Å². The Kier molecular flexibility index (Phi) is 6.17. The lowest BCUT2D eigenvalue weighted by Gasteiger charge is -2.34. The van der Waals surface area contributed by atoms with Gasteiger partial charge < -0.3 is 19.1 Å². The predicted octanol–water partition coefficient (Wildman–Crippen LogP) is 3.26. The number of halogens is 1. The quantitative estimate of drug-likeness (QED) is 0.591. The van der Waals surface area contributed by atoms with Gasteiger partial charge in [-0.25, -0.2) is 14.4 Å². The molecule has 2 saturated heterocycles. The van der Waals surface area contributed by atoms with Crippen molar-refractivity contribution in [2.45, 2.75) is 26.2 Å². The topological polar surface area (TPSA) is 82.8 Å². The van der Waals surface area contributed by atoms with Crippen molar-refractivity contribution in [2.75, 3.05) is 44.2 Å². The number of hydrogen-bond acceptors (Lipinski definition) is 6. The fourth-order valence-corrected chi connectivity index (χ4v) is 4.86. The van der Waals surface area contributed by atoms with Crippen LogP contribution in [0, 0.1) is 18.7 Å². The molecular weight excluding hydrogens is 437 g/mol. The van der Waals surface area contributed by atoms with E-state index in [2.05, 4.69) is 14.9 Å². The molecule has 0 aliphatic carbocycles. The minimum Gasteiger partial charge on any atom is -0.459 e. The number of fused-ring (bicyclic) bond motifs is 1. The molecule has 0 N–H and O–H groups in total. The zero-order chi connectivity index (χ0) is 23.7. The van der Waals surface area contributed by atoms with Crippen molar-refractivity contribution in [3.63, 3.8) is 0 Å². The number of aryl methyl sites for hydroxylation is 1. The summed E-state index contributed by atoms with van der Waals surface area (Å²) in [5.74, 6) is 0.666. The van der Waals surface area contributed by atoms with Crippen LogP contribution in [-0.4, -0.2) is 70.9 Å². The van der Waals surface area contributed by atoms with E-state index >= 15 is 0 Å². The summed E-state index contributed by atoms with van der Waals surface area (Å²) in [6.07, 6.45) is 3.71. The van der Waals surface area contributed by atoms with Crippen molar-refractivity contribution in [1.29, 1.82) is 0 Å². The van der Waals surface area contributed by atoms with Crippen LogP contribution in [-0.2, 0) is 4.79 Å². The summed E-state index contributed by atoms with van der Waals surface area (Å²) in [6, 6.07) is 7.93. The molecule has 178 valence electrons. The maximum Gasteiger partial charge on any atom is 0.289 e. The first kappa shape index (κ1) is 22.3. The third kappa shape index (κ3) is 4.47. The van der Waals surface area contributed by atoms with Crippen LogP contribution >= 0.6 is 0 Å². The number of piperidine rings is 1. The summed E-state index contributed by atoms with van der Waals surface area (Å²) in [7, 11) is 0. The first-order valence-corrected chi connectivity index (χ1v) is 11.8. The number of furan rings is 1. The maximum absolute atomic E-state index is 13.6. The average Bonchev–Trinajstić information content (AvgIpc) is 3.28. The van der Waals surface area contributed by atoms with E-state index in [0.29, 0.717) is 51.0 Å². The first-order valence-electron chi connectivity index (χ1n) is 11.8. The molecule has 2 aliphatic heterocycles. The van der Waals surface area contributed by atoms with E-state index in [1.165, 1.54) is 18.4 Å². The highest BCUT2D eigenvalue weighted by atomic mass is 19.1. The molecule has 34 heavy (non-hydrogen) atoms. The molecule has 0 unspecified atom stereocenters. The molecular formula is C25H28FN5O3. The predicted molar refractivity (Wildman–Crippen MR) is 125 cm³/mol. The number of amides is 2. The van der Waals surface area contributed by atoms with Gasteiger partial charge in [-0.1, -0.05) is 0 Å². The van der Waals surface area contributed by atoms with Gasteiger partial charge >= 0.3 is 0 Å². The largest absolute Gasteiger partial charge is 0.459 e. The van der Waals surface area contributed by atoms with Crippen molar-refractivity contribution in [3.8, 4) is 0 Å². The molecule has 0 saturated carbocycles. The normalized spacial score (nSPS) is 17.8. The van der Waals surface area contributed by atoms with E-state index in [1.54, 1.807) is 23.1 Å². The smallest absolute Gasteiger partial charge is 0.289 e. The second-order valence-corrected chi connectivity index (χ2v) is 8.98. The molecule has 2 aliphatic rings. The molecule has 2 aromatic heterocycles. The Hall–Kier alpha value is -3.49. The van der Waals surface area contributed by atoms with E-state index in [1.807, 2.05) is 11.8 Å². The zero-order valence-electron chi connectivity index (χ0n) is 19.2. The van der Waals surface area contributed by atoms with Gasteiger partial charge in [-0.2, -0.15) is 0 Å². The molecule has 8 nitrogen and oxygen atoms in total. The van der Waals surface area contributed by atoms with E-state index in [0.717, 1.165) is 35.9 Å². The van der Waals surface area contributed by atoms with Gasteiger partial charge in [0.2, 0.25) is 11.9 Å². The molecule has 2 amide bonds. The summed E-state index contributed by atoms with van der Waals surface area (Å²) >= 11 is 0. The minimum atomic E-state index is -0.298. The van der Waals surface area contributed by atoms with Crippen LogP contribution in [0.1, 0.15) is 35.5 Å². The van der Waals surface area contributed by atoms with Crippen LogP contribution in [0.4, 0.5) is 10.3 Å². The summed E-state index contributed by atoms with van der Waals surface area (Å²) < 4.78 is 18.8. The third-order valence-electron chi connectivity index (χ3n) is 6.79. The SMILES string of the molecule is Cc1nc(N2CCC(C(=O)N3CCCN(C(=O)c4ccco4)CC3)CC2)nc2ccc(F)cc12. The van der Waals surface area contributed by atoms with Gasteiger partial charge in [0.15, 0.2) is 5.76 Å². The highest BCUT2D eigenvalue weighted by molar-refractivity contribution is 5.91. The maximum atomic E-state index is 13.6. The Morgan fingerprint density at radius 3 is 2.53 bits per heavy atom. The van der Waals surface area contributed by atoms with Crippen molar-refractivity contribution in [2.24, 2.45) is 5.92 Å². The second kappa shape index (κ2) is 9.40. The lowest BCUT2D eigenvalue weighted by Crippen LogP contribution is -2.44. The van der Waals surface area contributed by atoms with Gasteiger partial charge in [0.25, 0.3) is 5.91 Å². The van der Waals surface area contributed by atoms with Gasteiger partial charge in [-0.3, -0.25) is 9.59 Å². The average molecular weight is 466 g/mol. The van der Waals surface area contributed by atoms with Gasteiger partial charge in [0.05, 0.1) is 17.5 Å². The Balaban J connectivity index is 1.19. The molecule has 1 aromatic carbocycles. The Morgan fingerprint density at radius 2 is 1.76 bits per heavy atom. The van der Waals surface area contributed by atoms with Crippen LogP contribution in [0.15, 0.2) is 41.0 Å². The van der Waals surface area contributed by atoms with Crippen molar-refractivity contribution in [3.05, 3.63) is 53.9 Å². The molecule has 0 radical (unpaired) electrons. The molecule has 3 aromatic rings. The molecule has 0 atom stereocenters. The molecule has 4 heterocycles. The number of carbonyl (C=O) groups excluding carboxylic acids is 2. The van der Waals surface area contributed by atoms with Crippen LogP contribution in [0.3, 0.4) is 0 Å². The monoisotopic (exact) mass is 465 g/mol. The summed E-state index contributed by atoms with van der Waals surface area (Å²) in [5, 5.41) is 0.717. The van der Waals surface area contributed by atoms with E-state index < -0.39 is 0 Å². The highest BCUT2D eigenvalue weighted by Crippen LogP contribution is 2.26. The number of hydrogen-bond donors (Lipinski definition) is 0. The lowest BCUT2D eigenvalue weighted by atomic mass is 9.95. The summed E-state index contributed by atoms with van der Waals surface area (Å²) in [5.41, 5.74) is 1.47. The zero-order valence-corrected chi connectivity index (χ0v) is 19.2. The van der Waals surface area contributed by atoms with E-state index in [-0.39, 0.29) is 23.5 Å². The van der Waals surface area contributed by atoms with Gasteiger partial charge in [-0.15, -0.1) is 0 Å². The Morgan fingerprint density at radius 1 is 1.00 bits per heavy atom. The number of nitrogens with zero attached hydrogens (tertiary/aromatic N) is 5. The highest BCUT2D eigenvalue weighted by Gasteiger charge is 2.31. The molecule has 0 spiro atoms. The fourth-order valence-electron chi connectivity index (χ4n) is 4.86. The van der Waals surface area contributed by atoms with Crippen LogP contribution in [0.5, 0.6) is 0 Å². The number of anilines is 1. The molecule has 0 bridgehead atoms. The van der Waals surface area contributed by atoms with Crippen LogP contribution < -0.4 is 4.90 Å². The summed E-state index contributed by atoms with van der Waals surface area (Å²) in [6.45, 7) is 5.57. The third-order valence-corrected chi connectivity index (χ3v) is 6.79. The molecule has 2 fully saturated rings. The minimum absolute atomic E-state index is 0.0424. The standard InChI is InChI=1S/C25H28FN5O3/c1-17-20-16-19(26)5-6-21(20)28-25(27-17)31-11-7-18(8-12-31)23(32)29-9-3-10-30(14-13-29)24(33)22-4-2-15-34-22/h2,4-6,15-16,18H,3,7-14H2,1H3. The second-order valence-electron chi connectivity index (χ2n) is 8.98. The van der Waals surface area contributed by atoms with E-state index in [4.69, 9.17) is 4.42 Å². The first-order chi connectivity index (χ1) is 16.5. The van der Waals surface area contributed by atoms with Gasteiger partial charge in [0.1, 0.15) is 5.82 Å². The van der Waals surface area contributed by atoms with Crippen molar-refractivity contribution in [1.82, 2.24) is 19.8 Å². The number of aromatic nitrogens is 2. The Bertz CT molecular complexity index is 1190. The molecule has 9 heteroatoms. The van der Waals surface area contributed by atoms with Crippen LogP contribution in [0.25, 0.3) is 10.9 Å². The van der Waals surface area contributed by atoms with Gasteiger partial charge in [0, 0.05) is 50.6 Å². The van der Waals surface area contributed by atoms with Gasteiger partial charge in [-0.05, 0) is 56.5 Å². The molecule has 5 rings (SSSR count). The summed E-state index contributed by atoms with van der Waals surface area (Å²) in [4.78, 5) is 40.8. The number of benzene rings is 1. The number of rotatable bonds is 3. The van der Waals surface area contributed by atoms with Crippen LogP contribution in [0.2, 0.25) is 0 Å². The van der Waals surface area contributed by atoms with Crippen molar-refractivity contribution >= 4 is 28.7 Å².